The van der Waals surface area contributed by atoms with E-state index in [0.29, 0.717) is 43.3 Å². The third kappa shape index (κ3) is 7.72. The smallest absolute Gasteiger partial charge is 0.383 e. The molecular formula is C26H29ClF3N7O3. The van der Waals surface area contributed by atoms with E-state index in [4.69, 9.17) is 26.8 Å². The van der Waals surface area contributed by atoms with Crippen LogP contribution in [0.25, 0.3) is 5.70 Å². The van der Waals surface area contributed by atoms with Crippen molar-refractivity contribution in [2.45, 2.75) is 12.3 Å². The fraction of sp³-hybridized carbons (Fsp3) is 0.346. The van der Waals surface area contributed by atoms with E-state index >= 15 is 0 Å². The van der Waals surface area contributed by atoms with Crippen molar-refractivity contribution in [3.8, 4) is 0 Å². The molecule has 10 nitrogen and oxygen atoms in total. The van der Waals surface area contributed by atoms with Crippen molar-refractivity contribution < 1.29 is 27.4 Å². The largest absolute Gasteiger partial charge is 0.416 e. The third-order valence-corrected chi connectivity index (χ3v) is 6.37. The van der Waals surface area contributed by atoms with E-state index < -0.39 is 17.6 Å². The molecule has 1 fully saturated rings. The Morgan fingerprint density at radius 1 is 1.27 bits per heavy atom. The summed E-state index contributed by atoms with van der Waals surface area (Å²) in [5.74, 6) is -0.622. The number of hydrogen-bond donors (Lipinski definition) is 4. The molecule has 2 aliphatic heterocycles. The number of nitrogens with two attached hydrogens (primary N) is 1. The zero-order valence-corrected chi connectivity index (χ0v) is 22.4. The van der Waals surface area contributed by atoms with Crippen LogP contribution in [0.5, 0.6) is 0 Å². The SMILES string of the molecule is COCCN1CCO[C@@H](CN/C(=C2\NC(Cl)=CN=C2N)c2ccc(C(=O)Nc3cc(C(F)(F)F)ccn3)cc2)C1. The highest BCUT2D eigenvalue weighted by Gasteiger charge is 2.31. The predicted molar refractivity (Wildman–Crippen MR) is 145 cm³/mol. The average Bonchev–Trinajstić information content (AvgIpc) is 2.94. The molecule has 2 aromatic rings. The minimum Gasteiger partial charge on any atom is -0.383 e. The quantitative estimate of drug-likeness (QED) is 0.334. The summed E-state index contributed by atoms with van der Waals surface area (Å²) in [5.41, 5.74) is 7.15. The molecule has 2 aliphatic rings. The minimum absolute atomic E-state index is 0.112. The number of nitrogens with zero attached hydrogens (tertiary/aromatic N) is 3. The zero-order chi connectivity index (χ0) is 28.7. The van der Waals surface area contributed by atoms with Gasteiger partial charge >= 0.3 is 6.18 Å². The number of rotatable bonds is 9. The fourth-order valence-corrected chi connectivity index (χ4v) is 4.27. The summed E-state index contributed by atoms with van der Waals surface area (Å²) >= 11 is 6.16. The van der Waals surface area contributed by atoms with E-state index in [1.165, 1.54) is 18.3 Å². The van der Waals surface area contributed by atoms with E-state index in [2.05, 4.69) is 30.8 Å². The Balaban J connectivity index is 1.51. The number of amidine groups is 1. The van der Waals surface area contributed by atoms with Gasteiger partial charge in [-0.05, 0) is 29.8 Å². The molecule has 40 heavy (non-hydrogen) atoms. The number of carbonyl (C=O) groups excluding carboxylic acids is 1. The Kier molecular flexibility index (Phi) is 9.63. The Hall–Kier alpha value is -3.65. The number of carbonyl (C=O) groups is 1. The predicted octanol–water partition coefficient (Wildman–Crippen LogP) is 2.96. The second kappa shape index (κ2) is 13.1. The first-order valence-corrected chi connectivity index (χ1v) is 12.7. The molecule has 1 aromatic heterocycles. The number of ether oxygens (including phenoxy) is 2. The maximum atomic E-state index is 13.0. The first kappa shape index (κ1) is 29.3. The number of morpholine rings is 1. The molecule has 1 saturated heterocycles. The normalized spacial score (nSPS) is 19.3. The highest BCUT2D eigenvalue weighted by molar-refractivity contribution is 6.30. The topological polar surface area (TPSA) is 126 Å². The van der Waals surface area contributed by atoms with Crippen LogP contribution in [-0.4, -0.2) is 74.2 Å². The standard InChI is InChI=1S/C26H29ClF3N7O3/c1-39-10-8-37-9-11-40-19(15-37)13-33-22(23-24(31)34-14-20(27)35-23)16-2-4-17(5-3-16)25(38)36-21-12-18(6-7-32-21)26(28,29)30/h2-7,12,14,19,33,35H,8-11,13,15H2,1H3,(H2,31,34)(H,32,36,38)/b23-22-/t19-/m0/s1. The Morgan fingerprint density at radius 2 is 2.02 bits per heavy atom. The summed E-state index contributed by atoms with van der Waals surface area (Å²) in [5, 5.41) is 9.07. The number of aliphatic imine (C=N–C) groups is 1. The monoisotopic (exact) mass is 579 g/mol. The maximum absolute atomic E-state index is 13.0. The van der Waals surface area contributed by atoms with Crippen LogP contribution in [0.1, 0.15) is 21.5 Å². The Bertz CT molecular complexity index is 1300. The van der Waals surface area contributed by atoms with Gasteiger partial charge in [0.2, 0.25) is 0 Å². The third-order valence-electron chi connectivity index (χ3n) is 6.17. The average molecular weight is 580 g/mol. The highest BCUT2D eigenvalue weighted by atomic mass is 35.5. The number of nitrogens with one attached hydrogen (secondary N) is 3. The van der Waals surface area contributed by atoms with Gasteiger partial charge < -0.3 is 31.2 Å². The van der Waals surface area contributed by atoms with E-state index in [-0.39, 0.29) is 28.5 Å². The molecule has 0 aliphatic carbocycles. The van der Waals surface area contributed by atoms with E-state index in [0.717, 1.165) is 31.4 Å². The van der Waals surface area contributed by atoms with Gasteiger partial charge in [-0.2, -0.15) is 13.2 Å². The van der Waals surface area contributed by atoms with E-state index in [1.54, 1.807) is 19.2 Å². The van der Waals surface area contributed by atoms with Gasteiger partial charge in [-0.1, -0.05) is 23.7 Å². The Labute approximate surface area is 234 Å². The van der Waals surface area contributed by atoms with Crippen molar-refractivity contribution in [2.24, 2.45) is 10.7 Å². The Morgan fingerprint density at radius 3 is 2.75 bits per heavy atom. The highest BCUT2D eigenvalue weighted by Crippen LogP contribution is 2.30. The van der Waals surface area contributed by atoms with Gasteiger partial charge in [0.15, 0.2) is 0 Å². The summed E-state index contributed by atoms with van der Waals surface area (Å²) < 4.78 is 50.1. The fourth-order valence-electron chi connectivity index (χ4n) is 4.13. The van der Waals surface area contributed by atoms with Gasteiger partial charge in [0.05, 0.1) is 36.8 Å². The molecule has 0 bridgehead atoms. The molecule has 0 saturated carbocycles. The number of alkyl halides is 3. The van der Waals surface area contributed by atoms with Crippen molar-refractivity contribution in [1.29, 1.82) is 0 Å². The molecule has 1 amide bonds. The molecule has 0 radical (unpaired) electrons. The van der Waals surface area contributed by atoms with Gasteiger partial charge in [0.1, 0.15) is 22.5 Å². The molecule has 14 heteroatoms. The van der Waals surface area contributed by atoms with E-state index in [9.17, 15) is 18.0 Å². The van der Waals surface area contributed by atoms with Crippen molar-refractivity contribution in [2.75, 3.05) is 51.8 Å². The number of methoxy groups -OCH3 is 1. The molecule has 1 aromatic carbocycles. The molecule has 0 unspecified atom stereocenters. The van der Waals surface area contributed by atoms with Crippen molar-refractivity contribution >= 4 is 34.9 Å². The van der Waals surface area contributed by atoms with Gasteiger partial charge in [-0.25, -0.2) is 9.98 Å². The molecule has 0 spiro atoms. The lowest BCUT2D eigenvalue weighted by Gasteiger charge is -2.33. The second-order valence-electron chi connectivity index (χ2n) is 8.99. The molecule has 4 rings (SSSR count). The van der Waals surface area contributed by atoms with Crippen LogP contribution in [0.15, 0.2) is 64.6 Å². The first-order valence-electron chi connectivity index (χ1n) is 12.4. The number of anilines is 1. The number of benzene rings is 1. The number of hydrogen-bond acceptors (Lipinski definition) is 9. The van der Waals surface area contributed by atoms with Gasteiger partial charge in [0, 0.05) is 45.0 Å². The van der Waals surface area contributed by atoms with Gasteiger partial charge in [-0.15, -0.1) is 0 Å². The summed E-state index contributed by atoms with van der Waals surface area (Å²) in [4.78, 5) is 22.9. The molecule has 5 N–H and O–H groups in total. The lowest BCUT2D eigenvalue weighted by Crippen LogP contribution is -2.47. The summed E-state index contributed by atoms with van der Waals surface area (Å²) in [6.07, 6.45) is -2.28. The lowest BCUT2D eigenvalue weighted by molar-refractivity contribution is -0.137. The van der Waals surface area contributed by atoms with Gasteiger partial charge in [0.25, 0.3) is 5.91 Å². The molecule has 3 heterocycles. The number of pyridine rings is 1. The van der Waals surface area contributed by atoms with E-state index in [1.807, 2.05) is 0 Å². The van der Waals surface area contributed by atoms with Crippen LogP contribution in [-0.2, 0) is 15.7 Å². The summed E-state index contributed by atoms with van der Waals surface area (Å²) in [6.45, 7) is 3.98. The number of amides is 1. The molecule has 1 atom stereocenters. The van der Waals surface area contributed by atoms with Crippen LogP contribution >= 0.6 is 11.6 Å². The van der Waals surface area contributed by atoms with Crippen LogP contribution in [0.4, 0.5) is 19.0 Å². The lowest BCUT2D eigenvalue weighted by atomic mass is 10.1. The summed E-state index contributed by atoms with van der Waals surface area (Å²) in [6, 6.07) is 8.04. The van der Waals surface area contributed by atoms with Crippen molar-refractivity contribution in [1.82, 2.24) is 20.5 Å². The molecular weight excluding hydrogens is 551 g/mol. The van der Waals surface area contributed by atoms with Crippen molar-refractivity contribution in [3.05, 3.63) is 76.3 Å². The van der Waals surface area contributed by atoms with Crippen LogP contribution < -0.4 is 21.7 Å². The minimum atomic E-state index is -4.55. The van der Waals surface area contributed by atoms with Gasteiger partial charge in [-0.3, -0.25) is 9.69 Å². The summed E-state index contributed by atoms with van der Waals surface area (Å²) in [7, 11) is 1.66. The van der Waals surface area contributed by atoms with Crippen LogP contribution in [0.3, 0.4) is 0 Å². The van der Waals surface area contributed by atoms with Crippen molar-refractivity contribution in [3.63, 3.8) is 0 Å². The van der Waals surface area contributed by atoms with Crippen LogP contribution in [0, 0.1) is 0 Å². The maximum Gasteiger partial charge on any atom is 0.416 e. The van der Waals surface area contributed by atoms with Crippen LogP contribution in [0.2, 0.25) is 0 Å². The first-order chi connectivity index (χ1) is 19.1. The second-order valence-corrected chi connectivity index (χ2v) is 9.40. The zero-order valence-electron chi connectivity index (χ0n) is 21.6. The molecule has 214 valence electrons. The number of aromatic nitrogens is 1. The number of halogens is 4.